The zero-order chi connectivity index (χ0) is 12.3. The first kappa shape index (κ1) is 11.7. The van der Waals surface area contributed by atoms with E-state index in [1.807, 2.05) is 6.07 Å². The Morgan fingerprint density at radius 2 is 2.06 bits per heavy atom. The van der Waals surface area contributed by atoms with Crippen LogP contribution >= 0.6 is 0 Å². The summed E-state index contributed by atoms with van der Waals surface area (Å²) >= 11 is 0. The molecule has 0 unspecified atom stereocenters. The number of carbonyl (C=O) groups is 2. The number of esters is 1. The Morgan fingerprint density at radius 1 is 1.44 bits per heavy atom. The third kappa shape index (κ3) is 1.86. The van der Waals surface area contributed by atoms with Crippen LogP contribution in [-0.2, 0) is 4.74 Å². The molecule has 5 heteroatoms. The van der Waals surface area contributed by atoms with E-state index < -0.39 is 11.9 Å². The first-order valence-corrected chi connectivity index (χ1v) is 4.38. The number of hydrogen-bond acceptors (Lipinski definition) is 4. The van der Waals surface area contributed by atoms with Gasteiger partial charge < -0.3 is 9.84 Å². The summed E-state index contributed by atoms with van der Waals surface area (Å²) in [6.45, 7) is 1.62. The zero-order valence-corrected chi connectivity index (χ0v) is 8.77. The van der Waals surface area contributed by atoms with Crippen molar-refractivity contribution in [2.24, 2.45) is 0 Å². The van der Waals surface area contributed by atoms with Gasteiger partial charge in [0.05, 0.1) is 23.8 Å². The SMILES string of the molecule is COC(=O)c1c(C(=O)O)ccc(C)c1C#N. The van der Waals surface area contributed by atoms with Crippen LogP contribution in [0.1, 0.15) is 31.8 Å². The molecule has 0 aliphatic heterocycles. The summed E-state index contributed by atoms with van der Waals surface area (Å²) in [4.78, 5) is 22.3. The smallest absolute Gasteiger partial charge is 0.340 e. The van der Waals surface area contributed by atoms with E-state index in [9.17, 15) is 9.59 Å². The highest BCUT2D eigenvalue weighted by Gasteiger charge is 2.22. The highest BCUT2D eigenvalue weighted by atomic mass is 16.5. The van der Waals surface area contributed by atoms with Crippen molar-refractivity contribution in [2.45, 2.75) is 6.92 Å². The highest BCUT2D eigenvalue weighted by Crippen LogP contribution is 2.19. The van der Waals surface area contributed by atoms with Crippen LogP contribution < -0.4 is 0 Å². The fourth-order valence-corrected chi connectivity index (χ4v) is 1.34. The molecular weight excluding hydrogens is 210 g/mol. The molecule has 0 heterocycles. The van der Waals surface area contributed by atoms with Crippen LogP contribution in [0.15, 0.2) is 12.1 Å². The standard InChI is InChI=1S/C11H9NO4/c1-6-3-4-7(10(13)14)9(8(6)5-12)11(15)16-2/h3-4H,1-2H3,(H,13,14). The maximum atomic E-state index is 11.4. The van der Waals surface area contributed by atoms with Crippen molar-refractivity contribution in [3.8, 4) is 6.07 Å². The molecular formula is C11H9NO4. The van der Waals surface area contributed by atoms with E-state index in [-0.39, 0.29) is 16.7 Å². The number of nitriles is 1. The molecule has 0 aliphatic carbocycles. The summed E-state index contributed by atoms with van der Waals surface area (Å²) < 4.78 is 4.47. The van der Waals surface area contributed by atoms with E-state index in [1.165, 1.54) is 12.1 Å². The normalized spacial score (nSPS) is 9.31. The molecule has 0 spiro atoms. The van der Waals surface area contributed by atoms with Crippen LogP contribution in [-0.4, -0.2) is 24.2 Å². The minimum absolute atomic E-state index is 0.0340. The Kier molecular flexibility index (Phi) is 3.26. The van der Waals surface area contributed by atoms with Gasteiger partial charge >= 0.3 is 11.9 Å². The van der Waals surface area contributed by atoms with Gasteiger partial charge in [-0.15, -0.1) is 0 Å². The Hall–Kier alpha value is -2.35. The molecule has 0 aromatic heterocycles. The number of methoxy groups -OCH3 is 1. The van der Waals surface area contributed by atoms with E-state index in [0.29, 0.717) is 5.56 Å². The lowest BCUT2D eigenvalue weighted by molar-refractivity contribution is 0.0582. The second kappa shape index (κ2) is 4.45. The van der Waals surface area contributed by atoms with Crippen molar-refractivity contribution < 1.29 is 19.4 Å². The van der Waals surface area contributed by atoms with Crippen LogP contribution in [0.4, 0.5) is 0 Å². The number of benzene rings is 1. The lowest BCUT2D eigenvalue weighted by atomic mass is 9.97. The lowest BCUT2D eigenvalue weighted by Crippen LogP contribution is -2.13. The van der Waals surface area contributed by atoms with Crippen LogP contribution in [0, 0.1) is 18.3 Å². The summed E-state index contributed by atoms with van der Waals surface area (Å²) in [6.07, 6.45) is 0. The third-order valence-electron chi connectivity index (χ3n) is 2.15. The molecule has 0 amide bonds. The van der Waals surface area contributed by atoms with Crippen molar-refractivity contribution >= 4 is 11.9 Å². The Morgan fingerprint density at radius 3 is 2.50 bits per heavy atom. The van der Waals surface area contributed by atoms with Gasteiger partial charge in [0.1, 0.15) is 6.07 Å². The molecule has 1 aromatic carbocycles. The number of ether oxygens (including phenoxy) is 1. The van der Waals surface area contributed by atoms with E-state index in [2.05, 4.69) is 4.74 Å². The number of carboxylic acids is 1. The largest absolute Gasteiger partial charge is 0.478 e. The highest BCUT2D eigenvalue weighted by molar-refractivity contribution is 6.04. The average Bonchev–Trinajstić information content (AvgIpc) is 2.27. The molecule has 0 aliphatic rings. The number of aryl methyl sites for hydroxylation is 1. The van der Waals surface area contributed by atoms with Gasteiger partial charge in [0.25, 0.3) is 0 Å². The van der Waals surface area contributed by atoms with Crippen molar-refractivity contribution in [3.05, 3.63) is 34.4 Å². The topological polar surface area (TPSA) is 87.4 Å². The third-order valence-corrected chi connectivity index (χ3v) is 2.15. The van der Waals surface area contributed by atoms with Crippen molar-refractivity contribution in [2.75, 3.05) is 7.11 Å². The van der Waals surface area contributed by atoms with Gasteiger partial charge in [-0.3, -0.25) is 0 Å². The molecule has 1 rings (SSSR count). The molecule has 0 saturated heterocycles. The van der Waals surface area contributed by atoms with Gasteiger partial charge in [0, 0.05) is 0 Å². The fourth-order valence-electron chi connectivity index (χ4n) is 1.34. The summed E-state index contributed by atoms with van der Waals surface area (Å²) in [5, 5.41) is 17.8. The minimum Gasteiger partial charge on any atom is -0.478 e. The predicted octanol–water partition coefficient (Wildman–Crippen LogP) is 1.35. The van der Waals surface area contributed by atoms with E-state index >= 15 is 0 Å². The maximum Gasteiger partial charge on any atom is 0.340 e. The van der Waals surface area contributed by atoms with E-state index in [0.717, 1.165) is 7.11 Å². The summed E-state index contributed by atoms with van der Waals surface area (Å²) in [6, 6.07) is 4.57. The Labute approximate surface area is 91.9 Å². The predicted molar refractivity (Wildman–Crippen MR) is 54.2 cm³/mol. The monoisotopic (exact) mass is 219 g/mol. The molecule has 82 valence electrons. The van der Waals surface area contributed by atoms with Crippen molar-refractivity contribution in [1.29, 1.82) is 5.26 Å². The lowest BCUT2D eigenvalue weighted by Gasteiger charge is -2.08. The average molecular weight is 219 g/mol. The molecule has 5 nitrogen and oxygen atoms in total. The van der Waals surface area contributed by atoms with Gasteiger partial charge in [0.2, 0.25) is 0 Å². The second-order valence-electron chi connectivity index (χ2n) is 3.09. The Balaban J connectivity index is 3.62. The number of rotatable bonds is 2. The molecule has 1 aromatic rings. The molecule has 16 heavy (non-hydrogen) atoms. The molecule has 0 radical (unpaired) electrons. The van der Waals surface area contributed by atoms with Crippen LogP contribution in [0.25, 0.3) is 0 Å². The molecule has 1 N–H and O–H groups in total. The van der Waals surface area contributed by atoms with Gasteiger partial charge in [0.15, 0.2) is 0 Å². The van der Waals surface area contributed by atoms with Gasteiger partial charge in [-0.1, -0.05) is 6.07 Å². The zero-order valence-electron chi connectivity index (χ0n) is 8.77. The van der Waals surface area contributed by atoms with Crippen molar-refractivity contribution in [3.63, 3.8) is 0 Å². The van der Waals surface area contributed by atoms with Gasteiger partial charge in [-0.05, 0) is 18.6 Å². The van der Waals surface area contributed by atoms with Crippen LogP contribution in [0.2, 0.25) is 0 Å². The molecule has 0 saturated carbocycles. The number of aromatic carboxylic acids is 1. The Bertz CT molecular complexity index is 499. The number of carbonyl (C=O) groups excluding carboxylic acids is 1. The van der Waals surface area contributed by atoms with E-state index in [4.69, 9.17) is 10.4 Å². The first-order chi connectivity index (χ1) is 7.52. The van der Waals surface area contributed by atoms with Crippen LogP contribution in [0.5, 0.6) is 0 Å². The number of nitrogens with zero attached hydrogens (tertiary/aromatic N) is 1. The maximum absolute atomic E-state index is 11.4. The summed E-state index contributed by atoms with van der Waals surface area (Å²) in [5.41, 5.74) is 0.145. The molecule has 0 atom stereocenters. The van der Waals surface area contributed by atoms with Crippen LogP contribution in [0.3, 0.4) is 0 Å². The minimum atomic E-state index is -1.27. The quantitative estimate of drug-likeness (QED) is 0.758. The van der Waals surface area contributed by atoms with Gasteiger partial charge in [-0.2, -0.15) is 5.26 Å². The fraction of sp³-hybridized carbons (Fsp3) is 0.182. The van der Waals surface area contributed by atoms with Crippen molar-refractivity contribution in [1.82, 2.24) is 0 Å². The second-order valence-corrected chi connectivity index (χ2v) is 3.09. The van der Waals surface area contributed by atoms with E-state index in [1.54, 1.807) is 6.92 Å². The number of hydrogen-bond donors (Lipinski definition) is 1. The first-order valence-electron chi connectivity index (χ1n) is 4.38. The molecule has 0 fully saturated rings. The number of carboxylic acid groups (broad SMARTS) is 1. The van der Waals surface area contributed by atoms with Gasteiger partial charge in [-0.25, -0.2) is 9.59 Å². The molecule has 0 bridgehead atoms. The summed E-state index contributed by atoms with van der Waals surface area (Å²) in [7, 11) is 1.14. The summed E-state index contributed by atoms with van der Waals surface area (Å²) in [5.74, 6) is -2.09.